The zero-order chi connectivity index (χ0) is 17.1. The van der Waals surface area contributed by atoms with Crippen LogP contribution in [0.25, 0.3) is 11.4 Å². The van der Waals surface area contributed by atoms with Gasteiger partial charge in [-0.3, -0.25) is 4.90 Å². The van der Waals surface area contributed by atoms with E-state index in [-0.39, 0.29) is 0 Å². The first-order valence-electron chi connectivity index (χ1n) is 8.93. The highest BCUT2D eigenvalue weighted by molar-refractivity contribution is 9.10. The van der Waals surface area contributed by atoms with Crippen molar-refractivity contribution in [2.45, 2.75) is 46.7 Å². The summed E-state index contributed by atoms with van der Waals surface area (Å²) in [5.41, 5.74) is 3.57. The topological polar surface area (TPSA) is 30.3 Å². The van der Waals surface area contributed by atoms with Gasteiger partial charge in [0, 0.05) is 11.0 Å². The molecule has 0 radical (unpaired) electrons. The van der Waals surface area contributed by atoms with E-state index < -0.39 is 0 Å². The first kappa shape index (κ1) is 17.5. The van der Waals surface area contributed by atoms with Gasteiger partial charge in [-0.25, -0.2) is 4.98 Å². The summed E-state index contributed by atoms with van der Waals surface area (Å²) in [5, 5.41) is 0. The fraction of sp³-hybridized carbons (Fsp3) is 0.526. The molecule has 1 aromatic heterocycles. The number of hydrogen-bond acceptors (Lipinski definition) is 3. The molecule has 4 nitrogen and oxygen atoms in total. The molecular formula is C19H26BrN3O. The van der Waals surface area contributed by atoms with Crippen LogP contribution in [0.2, 0.25) is 0 Å². The molecule has 5 heteroatoms. The normalized spacial score (nSPS) is 16.5. The van der Waals surface area contributed by atoms with Gasteiger partial charge in [0.15, 0.2) is 0 Å². The van der Waals surface area contributed by atoms with Gasteiger partial charge in [-0.15, -0.1) is 0 Å². The Balaban J connectivity index is 0.000000815. The molecule has 2 aliphatic rings. The Kier molecular flexibility index (Phi) is 5.61. The van der Waals surface area contributed by atoms with Gasteiger partial charge < -0.3 is 9.30 Å². The van der Waals surface area contributed by atoms with Gasteiger partial charge in [0.25, 0.3) is 0 Å². The van der Waals surface area contributed by atoms with Crippen molar-refractivity contribution in [3.8, 4) is 17.1 Å². The first-order chi connectivity index (χ1) is 11.7. The number of benzene rings is 1. The summed E-state index contributed by atoms with van der Waals surface area (Å²) in [5.74, 6) is 1.97. The zero-order valence-corrected chi connectivity index (χ0v) is 16.4. The lowest BCUT2D eigenvalue weighted by Gasteiger charge is -2.17. The minimum Gasteiger partial charge on any atom is -0.491 e. The standard InChI is InChI=1S/C17H20BrN3O.C2H6/c1-12-15(11-20-6-2-3-7-20)21-8-9-22-16-5-4-13(18)10-14(16)17(21)19-12;1-2/h4-5,10H,2-3,6-9,11H2,1H3;1-2H3. The number of halogens is 1. The lowest BCUT2D eigenvalue weighted by Crippen LogP contribution is -2.22. The summed E-state index contributed by atoms with van der Waals surface area (Å²) >= 11 is 3.56. The fourth-order valence-corrected chi connectivity index (χ4v) is 3.82. The number of likely N-dealkylation sites (tertiary alicyclic amines) is 1. The summed E-state index contributed by atoms with van der Waals surface area (Å²) in [7, 11) is 0. The van der Waals surface area contributed by atoms with Crippen LogP contribution < -0.4 is 4.74 Å². The average Bonchev–Trinajstić information content (AvgIpc) is 3.17. The van der Waals surface area contributed by atoms with Crippen LogP contribution in [0.5, 0.6) is 5.75 Å². The van der Waals surface area contributed by atoms with Crippen molar-refractivity contribution in [1.82, 2.24) is 14.5 Å². The van der Waals surface area contributed by atoms with E-state index in [1.807, 2.05) is 26.0 Å². The van der Waals surface area contributed by atoms with Crippen LogP contribution in [-0.2, 0) is 13.1 Å². The molecule has 1 saturated heterocycles. The second-order valence-corrected chi connectivity index (χ2v) is 7.01. The molecule has 0 aliphatic carbocycles. The molecule has 0 bridgehead atoms. The number of rotatable bonds is 2. The molecule has 2 aliphatic heterocycles. The predicted molar refractivity (Wildman–Crippen MR) is 101 cm³/mol. The van der Waals surface area contributed by atoms with Gasteiger partial charge in [0.05, 0.1) is 23.5 Å². The van der Waals surface area contributed by atoms with Gasteiger partial charge in [-0.1, -0.05) is 29.8 Å². The van der Waals surface area contributed by atoms with Gasteiger partial charge in [-0.05, 0) is 51.1 Å². The van der Waals surface area contributed by atoms with Crippen LogP contribution >= 0.6 is 15.9 Å². The van der Waals surface area contributed by atoms with Crippen LogP contribution in [0.15, 0.2) is 22.7 Å². The molecule has 130 valence electrons. The quantitative estimate of drug-likeness (QED) is 0.746. The molecule has 0 amide bonds. The molecule has 0 saturated carbocycles. The Morgan fingerprint density at radius 3 is 2.67 bits per heavy atom. The molecule has 3 heterocycles. The maximum Gasteiger partial charge on any atom is 0.144 e. The second-order valence-electron chi connectivity index (χ2n) is 6.09. The van der Waals surface area contributed by atoms with Gasteiger partial charge in [0.2, 0.25) is 0 Å². The van der Waals surface area contributed by atoms with Gasteiger partial charge in [0.1, 0.15) is 18.2 Å². The summed E-state index contributed by atoms with van der Waals surface area (Å²) in [6.45, 7) is 11.1. The molecule has 4 rings (SSSR count). The predicted octanol–water partition coefficient (Wildman–Crippen LogP) is 4.64. The van der Waals surface area contributed by atoms with E-state index in [0.29, 0.717) is 6.61 Å². The average molecular weight is 392 g/mol. The van der Waals surface area contributed by atoms with Crippen molar-refractivity contribution in [1.29, 1.82) is 0 Å². The summed E-state index contributed by atoms with van der Waals surface area (Å²) in [4.78, 5) is 7.40. The van der Waals surface area contributed by atoms with Crippen molar-refractivity contribution in [3.63, 3.8) is 0 Å². The van der Waals surface area contributed by atoms with E-state index in [1.165, 1.54) is 31.6 Å². The van der Waals surface area contributed by atoms with E-state index in [9.17, 15) is 0 Å². The first-order valence-corrected chi connectivity index (χ1v) is 9.73. The largest absolute Gasteiger partial charge is 0.491 e. The third kappa shape index (κ3) is 3.38. The van der Waals surface area contributed by atoms with Crippen molar-refractivity contribution >= 4 is 15.9 Å². The number of hydrogen-bond donors (Lipinski definition) is 0. The molecule has 0 N–H and O–H groups in total. The molecule has 1 aromatic carbocycles. The highest BCUT2D eigenvalue weighted by Gasteiger charge is 2.23. The summed E-state index contributed by atoms with van der Waals surface area (Å²) in [6, 6.07) is 6.16. The number of ether oxygens (including phenoxy) is 1. The van der Waals surface area contributed by atoms with Crippen LogP contribution in [0.4, 0.5) is 0 Å². The van der Waals surface area contributed by atoms with Crippen LogP contribution in [0, 0.1) is 6.92 Å². The molecule has 0 unspecified atom stereocenters. The number of fused-ring (bicyclic) bond motifs is 3. The third-order valence-corrected chi connectivity index (χ3v) is 5.09. The maximum atomic E-state index is 5.91. The van der Waals surface area contributed by atoms with E-state index in [4.69, 9.17) is 9.72 Å². The summed E-state index contributed by atoms with van der Waals surface area (Å²) < 4.78 is 9.33. The number of aryl methyl sites for hydroxylation is 1. The molecule has 0 atom stereocenters. The summed E-state index contributed by atoms with van der Waals surface area (Å²) in [6.07, 6.45) is 2.64. The van der Waals surface area contributed by atoms with E-state index >= 15 is 0 Å². The second kappa shape index (κ2) is 7.70. The van der Waals surface area contributed by atoms with Crippen molar-refractivity contribution in [2.24, 2.45) is 0 Å². The smallest absolute Gasteiger partial charge is 0.144 e. The van der Waals surface area contributed by atoms with Crippen LogP contribution in [-0.4, -0.2) is 34.1 Å². The molecule has 1 fully saturated rings. The van der Waals surface area contributed by atoms with Crippen molar-refractivity contribution in [3.05, 3.63) is 34.1 Å². The molecular weight excluding hydrogens is 366 g/mol. The minimum absolute atomic E-state index is 0.699. The number of aromatic nitrogens is 2. The highest BCUT2D eigenvalue weighted by Crippen LogP contribution is 2.35. The Bertz CT molecular complexity index is 705. The Labute approximate surface area is 153 Å². The Morgan fingerprint density at radius 2 is 1.92 bits per heavy atom. The zero-order valence-electron chi connectivity index (χ0n) is 14.8. The van der Waals surface area contributed by atoms with Crippen molar-refractivity contribution < 1.29 is 4.74 Å². The highest BCUT2D eigenvalue weighted by atomic mass is 79.9. The molecule has 2 aromatic rings. The Hall–Kier alpha value is -1.33. The van der Waals surface area contributed by atoms with E-state index in [0.717, 1.165) is 40.4 Å². The van der Waals surface area contributed by atoms with Gasteiger partial charge >= 0.3 is 0 Å². The lowest BCUT2D eigenvalue weighted by atomic mass is 10.2. The third-order valence-electron chi connectivity index (χ3n) is 4.60. The molecule has 0 spiro atoms. The fourth-order valence-electron chi connectivity index (χ4n) is 3.46. The molecule has 24 heavy (non-hydrogen) atoms. The van der Waals surface area contributed by atoms with Crippen molar-refractivity contribution in [2.75, 3.05) is 19.7 Å². The Morgan fingerprint density at radius 1 is 1.17 bits per heavy atom. The monoisotopic (exact) mass is 391 g/mol. The van der Waals surface area contributed by atoms with E-state index in [2.05, 4.69) is 38.4 Å². The number of imidazole rings is 1. The van der Waals surface area contributed by atoms with Gasteiger partial charge in [-0.2, -0.15) is 0 Å². The lowest BCUT2D eigenvalue weighted by molar-refractivity contribution is 0.292. The maximum absolute atomic E-state index is 5.91. The van der Waals surface area contributed by atoms with Crippen LogP contribution in [0.1, 0.15) is 38.1 Å². The van der Waals surface area contributed by atoms with E-state index in [1.54, 1.807) is 0 Å². The van der Waals surface area contributed by atoms with Crippen LogP contribution in [0.3, 0.4) is 0 Å². The minimum atomic E-state index is 0.699. The SMILES string of the molecule is CC.Cc1nc2n(c1CN1CCCC1)CCOc1ccc(Br)cc1-2. The number of nitrogens with zero attached hydrogens (tertiary/aromatic N) is 3.